The monoisotopic (exact) mass is 225 g/mol. The largest absolute Gasteiger partial charge is 0.391 e. The van der Waals surface area contributed by atoms with E-state index >= 15 is 0 Å². The summed E-state index contributed by atoms with van der Waals surface area (Å²) in [4.78, 5) is 17.9. The van der Waals surface area contributed by atoms with Crippen molar-refractivity contribution in [1.82, 2.24) is 9.97 Å². The first-order valence-electron chi connectivity index (χ1n) is 5.20. The number of rotatable bonds is 2. The Morgan fingerprint density at radius 2 is 2.44 bits per heavy atom. The van der Waals surface area contributed by atoms with E-state index in [4.69, 9.17) is 5.73 Å². The molecule has 0 saturated heterocycles. The Hall–Kier alpha value is -1.76. The minimum atomic E-state index is -0.502. The van der Waals surface area contributed by atoms with Crippen molar-refractivity contribution in [2.24, 2.45) is 0 Å². The van der Waals surface area contributed by atoms with Crippen LogP contribution in [0.4, 0.5) is 17.5 Å². The number of nitrogens with zero attached hydrogens (tertiary/aromatic N) is 1. The standard InChI is InChI=1S/C9H15N5O2/c1-2-5(15)4-3-11-7-6(12-4)8(16)14-9(10)13-7/h4-5,12,15H,2-3H2,1H3,(H4,10,11,13,14,16)/t4-,5+/m1/s1. The predicted octanol–water partition coefficient (Wildman–Crippen LogP) is -0.671. The lowest BCUT2D eigenvalue weighted by Crippen LogP contribution is -2.44. The van der Waals surface area contributed by atoms with Crippen LogP contribution in [0.3, 0.4) is 0 Å². The summed E-state index contributed by atoms with van der Waals surface area (Å²) in [6.07, 6.45) is 0.118. The van der Waals surface area contributed by atoms with Gasteiger partial charge >= 0.3 is 0 Å². The molecule has 1 aromatic rings. The van der Waals surface area contributed by atoms with Gasteiger partial charge in [-0.05, 0) is 6.42 Å². The van der Waals surface area contributed by atoms with Crippen molar-refractivity contribution in [1.29, 1.82) is 0 Å². The van der Waals surface area contributed by atoms with Crippen molar-refractivity contribution >= 4 is 17.5 Å². The van der Waals surface area contributed by atoms with Crippen LogP contribution in [0.15, 0.2) is 4.79 Å². The summed E-state index contributed by atoms with van der Waals surface area (Å²) in [5.74, 6) is 0.508. The topological polar surface area (TPSA) is 116 Å². The number of nitrogens with two attached hydrogens (primary N) is 1. The number of aromatic nitrogens is 2. The van der Waals surface area contributed by atoms with E-state index in [0.29, 0.717) is 24.5 Å². The number of aromatic amines is 1. The van der Waals surface area contributed by atoms with Gasteiger partial charge in [0, 0.05) is 6.54 Å². The molecule has 2 atom stereocenters. The number of nitrogens with one attached hydrogen (secondary N) is 3. The van der Waals surface area contributed by atoms with E-state index in [1.165, 1.54) is 0 Å². The molecule has 2 rings (SSSR count). The van der Waals surface area contributed by atoms with E-state index in [1.54, 1.807) is 0 Å². The number of nitrogen functional groups attached to an aromatic ring is 1. The van der Waals surface area contributed by atoms with Crippen molar-refractivity contribution in [3.05, 3.63) is 10.4 Å². The van der Waals surface area contributed by atoms with Gasteiger partial charge in [0.25, 0.3) is 5.56 Å². The Bertz CT molecular complexity index is 444. The molecule has 0 fully saturated rings. The van der Waals surface area contributed by atoms with Crippen molar-refractivity contribution in [3.63, 3.8) is 0 Å². The number of H-pyrrole nitrogens is 1. The lowest BCUT2D eigenvalue weighted by Gasteiger charge is -2.29. The Kier molecular flexibility index (Phi) is 2.69. The van der Waals surface area contributed by atoms with Gasteiger partial charge in [-0.3, -0.25) is 9.78 Å². The van der Waals surface area contributed by atoms with Crippen LogP contribution in [0.2, 0.25) is 0 Å². The van der Waals surface area contributed by atoms with E-state index < -0.39 is 6.10 Å². The summed E-state index contributed by atoms with van der Waals surface area (Å²) in [5, 5.41) is 15.6. The minimum absolute atomic E-state index is 0.0764. The molecule has 6 N–H and O–H groups in total. The Labute approximate surface area is 92.1 Å². The van der Waals surface area contributed by atoms with Crippen LogP contribution in [0, 0.1) is 0 Å². The van der Waals surface area contributed by atoms with Crippen LogP contribution >= 0.6 is 0 Å². The molecular formula is C9H15N5O2. The molecule has 1 aromatic heterocycles. The average Bonchev–Trinajstić information content (AvgIpc) is 2.27. The lowest BCUT2D eigenvalue weighted by molar-refractivity contribution is 0.151. The summed E-state index contributed by atoms with van der Waals surface area (Å²) in [6.45, 7) is 2.39. The third kappa shape index (κ3) is 1.81. The van der Waals surface area contributed by atoms with Gasteiger partial charge in [0.15, 0.2) is 5.82 Å². The van der Waals surface area contributed by atoms with Crippen molar-refractivity contribution < 1.29 is 5.11 Å². The Balaban J connectivity index is 2.30. The molecule has 7 heteroatoms. The molecule has 0 spiro atoms. The van der Waals surface area contributed by atoms with Gasteiger partial charge in [0.05, 0.1) is 12.1 Å². The fourth-order valence-corrected chi connectivity index (χ4v) is 1.71. The first-order chi connectivity index (χ1) is 7.61. The third-order valence-electron chi connectivity index (χ3n) is 2.64. The Morgan fingerprint density at radius 1 is 1.69 bits per heavy atom. The zero-order valence-electron chi connectivity index (χ0n) is 8.95. The normalized spacial score (nSPS) is 20.5. The highest BCUT2D eigenvalue weighted by Gasteiger charge is 2.25. The van der Waals surface area contributed by atoms with Crippen LogP contribution in [-0.2, 0) is 0 Å². The second-order valence-corrected chi connectivity index (χ2v) is 3.78. The molecule has 1 aliphatic heterocycles. The second-order valence-electron chi connectivity index (χ2n) is 3.78. The minimum Gasteiger partial charge on any atom is -0.391 e. The average molecular weight is 225 g/mol. The summed E-state index contributed by atoms with van der Waals surface area (Å²) in [7, 11) is 0. The molecule has 88 valence electrons. The van der Waals surface area contributed by atoms with Crippen LogP contribution in [-0.4, -0.2) is 33.8 Å². The Morgan fingerprint density at radius 3 is 3.12 bits per heavy atom. The van der Waals surface area contributed by atoms with Crippen molar-refractivity contribution in [2.75, 3.05) is 22.9 Å². The third-order valence-corrected chi connectivity index (χ3v) is 2.64. The van der Waals surface area contributed by atoms with E-state index in [0.717, 1.165) is 0 Å². The number of anilines is 3. The van der Waals surface area contributed by atoms with Gasteiger partial charge in [-0.25, -0.2) is 0 Å². The van der Waals surface area contributed by atoms with E-state index in [1.807, 2.05) is 6.92 Å². The molecule has 16 heavy (non-hydrogen) atoms. The van der Waals surface area contributed by atoms with Gasteiger partial charge < -0.3 is 21.5 Å². The zero-order valence-corrected chi connectivity index (χ0v) is 8.95. The number of hydrogen-bond acceptors (Lipinski definition) is 6. The molecule has 0 unspecified atom stereocenters. The molecule has 1 aliphatic rings. The quantitative estimate of drug-likeness (QED) is 0.456. The fourth-order valence-electron chi connectivity index (χ4n) is 1.71. The molecule has 0 radical (unpaired) electrons. The van der Waals surface area contributed by atoms with E-state index in [9.17, 15) is 9.90 Å². The van der Waals surface area contributed by atoms with Crippen molar-refractivity contribution in [2.45, 2.75) is 25.5 Å². The molecule has 0 aliphatic carbocycles. The highest BCUT2D eigenvalue weighted by atomic mass is 16.3. The summed E-state index contributed by atoms with van der Waals surface area (Å²) < 4.78 is 0. The number of aliphatic hydroxyl groups is 1. The zero-order chi connectivity index (χ0) is 11.7. The maximum Gasteiger partial charge on any atom is 0.277 e. The maximum absolute atomic E-state index is 11.6. The maximum atomic E-state index is 11.6. The summed E-state index contributed by atoms with van der Waals surface area (Å²) in [6, 6.07) is -0.191. The lowest BCUT2D eigenvalue weighted by atomic mass is 10.1. The smallest absolute Gasteiger partial charge is 0.277 e. The van der Waals surface area contributed by atoms with E-state index in [2.05, 4.69) is 20.6 Å². The van der Waals surface area contributed by atoms with Gasteiger partial charge in [-0.1, -0.05) is 6.92 Å². The highest BCUT2D eigenvalue weighted by molar-refractivity contribution is 5.67. The van der Waals surface area contributed by atoms with Crippen LogP contribution in [0.25, 0.3) is 0 Å². The first kappa shape index (κ1) is 10.7. The molecule has 0 aromatic carbocycles. The fraction of sp³-hybridized carbons (Fsp3) is 0.556. The van der Waals surface area contributed by atoms with Crippen molar-refractivity contribution in [3.8, 4) is 0 Å². The van der Waals surface area contributed by atoms with Crippen LogP contribution in [0.1, 0.15) is 13.3 Å². The van der Waals surface area contributed by atoms with Crippen LogP contribution in [0.5, 0.6) is 0 Å². The molecule has 7 nitrogen and oxygen atoms in total. The van der Waals surface area contributed by atoms with Gasteiger partial charge in [0.1, 0.15) is 5.69 Å². The molecule has 0 saturated carbocycles. The molecule has 2 heterocycles. The van der Waals surface area contributed by atoms with E-state index in [-0.39, 0.29) is 17.5 Å². The van der Waals surface area contributed by atoms with Crippen LogP contribution < -0.4 is 21.9 Å². The molecule has 0 bridgehead atoms. The second kappa shape index (κ2) is 4.01. The number of aliphatic hydroxyl groups excluding tert-OH is 1. The highest BCUT2D eigenvalue weighted by Crippen LogP contribution is 2.21. The molecular weight excluding hydrogens is 210 g/mol. The number of hydrogen-bond donors (Lipinski definition) is 5. The predicted molar refractivity (Wildman–Crippen MR) is 61.5 cm³/mol. The molecule has 0 amide bonds. The van der Waals surface area contributed by atoms with Gasteiger partial charge in [0.2, 0.25) is 5.95 Å². The summed E-state index contributed by atoms with van der Waals surface area (Å²) in [5.41, 5.74) is 5.42. The van der Waals surface area contributed by atoms with Gasteiger partial charge in [-0.15, -0.1) is 0 Å². The first-order valence-corrected chi connectivity index (χ1v) is 5.20. The summed E-state index contributed by atoms with van der Waals surface area (Å²) >= 11 is 0. The van der Waals surface area contributed by atoms with Gasteiger partial charge in [-0.2, -0.15) is 4.98 Å². The number of fused-ring (bicyclic) bond motifs is 1. The SMILES string of the molecule is CC[C@H](O)[C@H]1CNc2nc(N)[nH]c(=O)c2N1.